The lowest BCUT2D eigenvalue weighted by Crippen LogP contribution is -2.55. The first kappa shape index (κ1) is 18.4. The number of hydrogen-bond acceptors (Lipinski definition) is 4. The number of carboxylic acid groups (broad SMARTS) is 1. The van der Waals surface area contributed by atoms with E-state index < -0.39 is 29.0 Å². The highest BCUT2D eigenvalue weighted by molar-refractivity contribution is 5.95. The summed E-state index contributed by atoms with van der Waals surface area (Å²) in [6.07, 6.45) is 0. The second-order valence-electron chi connectivity index (χ2n) is 6.13. The summed E-state index contributed by atoms with van der Waals surface area (Å²) in [6, 6.07) is -0.591. The number of nitrogens with zero attached hydrogens (tertiary/aromatic N) is 1. The predicted octanol–water partition coefficient (Wildman–Crippen LogP) is 0.796. The highest BCUT2D eigenvalue weighted by atomic mass is 16.4. The fourth-order valence-electron chi connectivity index (χ4n) is 1.55. The Labute approximate surface area is 119 Å². The normalized spacial score (nSPS) is 12.2. The molecule has 0 aliphatic heterocycles. The zero-order valence-electron chi connectivity index (χ0n) is 13.0. The number of hydrogen-bond donors (Lipinski definition) is 3. The molecular weight excluding hydrogens is 262 g/mol. The van der Waals surface area contributed by atoms with Crippen LogP contribution in [0.5, 0.6) is 0 Å². The standard InChI is InChI=1S/C13H25N3O4/c1-7-16(13(5,6)10(18)19)8-9(17)14-11(20)15-12(2,3)4/h7-8H2,1-6H3,(H,18,19)(H2,14,15,17,20). The quantitative estimate of drug-likeness (QED) is 0.694. The van der Waals surface area contributed by atoms with E-state index in [1.807, 2.05) is 0 Å². The molecule has 7 heteroatoms. The first-order valence-electron chi connectivity index (χ1n) is 6.50. The van der Waals surface area contributed by atoms with E-state index in [9.17, 15) is 14.4 Å². The van der Waals surface area contributed by atoms with E-state index in [4.69, 9.17) is 5.11 Å². The van der Waals surface area contributed by atoms with E-state index in [1.165, 1.54) is 18.7 Å². The number of nitrogens with one attached hydrogen (secondary N) is 2. The third kappa shape index (κ3) is 6.01. The Hall–Kier alpha value is -1.63. The van der Waals surface area contributed by atoms with Crippen LogP contribution in [0.25, 0.3) is 0 Å². The van der Waals surface area contributed by atoms with Gasteiger partial charge in [-0.3, -0.25) is 19.8 Å². The monoisotopic (exact) mass is 287 g/mol. The molecular formula is C13H25N3O4. The lowest BCUT2D eigenvalue weighted by atomic mass is 10.0. The molecule has 0 atom stereocenters. The van der Waals surface area contributed by atoms with E-state index in [0.717, 1.165) is 0 Å². The lowest BCUT2D eigenvalue weighted by molar-refractivity contribution is -0.149. The van der Waals surface area contributed by atoms with Crippen LogP contribution < -0.4 is 10.6 Å². The van der Waals surface area contributed by atoms with Crippen molar-refractivity contribution in [2.45, 2.75) is 52.6 Å². The zero-order valence-corrected chi connectivity index (χ0v) is 13.0. The smallest absolute Gasteiger partial charge is 0.323 e. The molecule has 3 N–H and O–H groups in total. The summed E-state index contributed by atoms with van der Waals surface area (Å²) in [4.78, 5) is 36.0. The summed E-state index contributed by atoms with van der Waals surface area (Å²) in [6.45, 7) is 10.4. The van der Waals surface area contributed by atoms with Gasteiger partial charge in [0.1, 0.15) is 5.54 Å². The van der Waals surface area contributed by atoms with Crippen molar-refractivity contribution in [3.05, 3.63) is 0 Å². The molecule has 3 amide bonds. The van der Waals surface area contributed by atoms with Crippen LogP contribution in [-0.2, 0) is 9.59 Å². The van der Waals surface area contributed by atoms with Crippen molar-refractivity contribution in [1.29, 1.82) is 0 Å². The fourth-order valence-corrected chi connectivity index (χ4v) is 1.55. The van der Waals surface area contributed by atoms with Crippen molar-refractivity contribution in [1.82, 2.24) is 15.5 Å². The molecule has 0 aromatic carbocycles. The molecule has 0 rings (SSSR count). The number of rotatable bonds is 5. The van der Waals surface area contributed by atoms with Crippen LogP contribution in [0.15, 0.2) is 0 Å². The Kier molecular flexibility index (Phi) is 6.15. The number of amides is 3. The van der Waals surface area contributed by atoms with Gasteiger partial charge in [-0.2, -0.15) is 0 Å². The number of carboxylic acids is 1. The van der Waals surface area contributed by atoms with E-state index >= 15 is 0 Å². The van der Waals surface area contributed by atoms with E-state index in [1.54, 1.807) is 27.7 Å². The zero-order chi connectivity index (χ0) is 16.1. The molecule has 0 saturated carbocycles. The van der Waals surface area contributed by atoms with Crippen LogP contribution in [0.1, 0.15) is 41.5 Å². The molecule has 0 aromatic heterocycles. The molecule has 0 saturated heterocycles. The summed E-state index contributed by atoms with van der Waals surface area (Å²) in [5.74, 6) is -1.56. The molecule has 0 aliphatic rings. The second kappa shape index (κ2) is 6.69. The molecule has 0 heterocycles. The molecule has 20 heavy (non-hydrogen) atoms. The third-order valence-electron chi connectivity index (χ3n) is 2.77. The Bertz CT molecular complexity index is 386. The minimum absolute atomic E-state index is 0.159. The number of aliphatic carboxylic acids is 1. The molecule has 116 valence electrons. The van der Waals surface area contributed by atoms with Crippen LogP contribution >= 0.6 is 0 Å². The lowest BCUT2D eigenvalue weighted by Gasteiger charge is -2.33. The van der Waals surface area contributed by atoms with Crippen LogP contribution in [-0.4, -0.2) is 52.1 Å². The van der Waals surface area contributed by atoms with Crippen LogP contribution in [0, 0.1) is 0 Å². The summed E-state index contributed by atoms with van der Waals surface area (Å²) in [7, 11) is 0. The van der Waals surface area contributed by atoms with Gasteiger partial charge in [-0.05, 0) is 41.2 Å². The van der Waals surface area contributed by atoms with Gasteiger partial charge < -0.3 is 10.4 Å². The van der Waals surface area contributed by atoms with E-state index in [0.29, 0.717) is 6.54 Å². The van der Waals surface area contributed by atoms with Gasteiger partial charge in [-0.25, -0.2) is 4.79 Å². The highest BCUT2D eigenvalue weighted by Crippen LogP contribution is 2.13. The highest BCUT2D eigenvalue weighted by Gasteiger charge is 2.34. The minimum Gasteiger partial charge on any atom is -0.480 e. The Morgan fingerprint density at radius 1 is 1.10 bits per heavy atom. The van der Waals surface area contributed by atoms with Crippen molar-refractivity contribution < 1.29 is 19.5 Å². The molecule has 0 fully saturated rings. The summed E-state index contributed by atoms with van der Waals surface area (Å²) >= 11 is 0. The van der Waals surface area contributed by atoms with Gasteiger partial charge in [-0.15, -0.1) is 0 Å². The average Bonchev–Trinajstić information content (AvgIpc) is 2.22. The Morgan fingerprint density at radius 3 is 1.95 bits per heavy atom. The van der Waals surface area contributed by atoms with Gasteiger partial charge in [0, 0.05) is 5.54 Å². The number of carbonyl (C=O) groups excluding carboxylic acids is 2. The number of carbonyl (C=O) groups is 3. The maximum absolute atomic E-state index is 11.8. The SMILES string of the molecule is CCN(CC(=O)NC(=O)NC(C)(C)C)C(C)(C)C(=O)O. The van der Waals surface area contributed by atoms with Crippen LogP contribution in [0.3, 0.4) is 0 Å². The van der Waals surface area contributed by atoms with Crippen molar-refractivity contribution in [3.63, 3.8) is 0 Å². The predicted molar refractivity (Wildman–Crippen MR) is 75.4 cm³/mol. The minimum atomic E-state index is -1.17. The molecule has 0 spiro atoms. The number of urea groups is 1. The molecule has 0 unspecified atom stereocenters. The molecule has 0 aromatic rings. The van der Waals surface area contributed by atoms with Gasteiger partial charge in [0.15, 0.2) is 0 Å². The maximum Gasteiger partial charge on any atom is 0.323 e. The van der Waals surface area contributed by atoms with Crippen LogP contribution in [0.4, 0.5) is 4.79 Å². The Morgan fingerprint density at radius 2 is 1.60 bits per heavy atom. The fraction of sp³-hybridized carbons (Fsp3) is 0.769. The number of likely N-dealkylation sites (N-methyl/N-ethyl adjacent to an activating group) is 1. The molecule has 0 bridgehead atoms. The second-order valence-corrected chi connectivity index (χ2v) is 6.13. The van der Waals surface area contributed by atoms with E-state index in [2.05, 4.69) is 10.6 Å². The van der Waals surface area contributed by atoms with Gasteiger partial charge in [-0.1, -0.05) is 6.92 Å². The third-order valence-corrected chi connectivity index (χ3v) is 2.77. The number of imide groups is 1. The first-order valence-corrected chi connectivity index (χ1v) is 6.50. The summed E-state index contributed by atoms with van der Waals surface area (Å²) in [5.41, 5.74) is -1.62. The molecule has 0 aliphatic carbocycles. The van der Waals surface area contributed by atoms with Crippen molar-refractivity contribution in [2.24, 2.45) is 0 Å². The first-order chi connectivity index (χ1) is 8.90. The van der Waals surface area contributed by atoms with Crippen molar-refractivity contribution in [3.8, 4) is 0 Å². The molecule has 0 radical (unpaired) electrons. The summed E-state index contributed by atoms with van der Waals surface area (Å²) < 4.78 is 0. The van der Waals surface area contributed by atoms with Crippen molar-refractivity contribution >= 4 is 17.9 Å². The Balaban J connectivity index is 4.59. The van der Waals surface area contributed by atoms with Crippen molar-refractivity contribution in [2.75, 3.05) is 13.1 Å². The molecule has 7 nitrogen and oxygen atoms in total. The van der Waals surface area contributed by atoms with Crippen LogP contribution in [0.2, 0.25) is 0 Å². The van der Waals surface area contributed by atoms with Gasteiger partial charge in [0.25, 0.3) is 0 Å². The topological polar surface area (TPSA) is 98.7 Å². The maximum atomic E-state index is 11.8. The largest absolute Gasteiger partial charge is 0.480 e. The van der Waals surface area contributed by atoms with E-state index in [-0.39, 0.29) is 6.54 Å². The average molecular weight is 287 g/mol. The van der Waals surface area contributed by atoms with Gasteiger partial charge in [0.05, 0.1) is 6.54 Å². The summed E-state index contributed by atoms with van der Waals surface area (Å²) in [5, 5.41) is 13.9. The van der Waals surface area contributed by atoms with Gasteiger partial charge in [0.2, 0.25) is 5.91 Å². The van der Waals surface area contributed by atoms with Gasteiger partial charge >= 0.3 is 12.0 Å².